The number of ketones is 1. The Balaban J connectivity index is 3.32. The van der Waals surface area contributed by atoms with Crippen LogP contribution >= 0.6 is 11.6 Å². The molecule has 2 nitrogen and oxygen atoms in total. The molecule has 76 valence electrons. The highest BCUT2D eigenvalue weighted by molar-refractivity contribution is 6.34. The Morgan fingerprint density at radius 2 is 2.07 bits per heavy atom. The van der Waals surface area contributed by atoms with Crippen molar-refractivity contribution in [2.75, 3.05) is 5.73 Å². The van der Waals surface area contributed by atoms with Crippen LogP contribution in [0, 0.1) is 0 Å². The Kier molecular flexibility index (Phi) is 3.06. The Bertz CT molecular complexity index is 356. The molecule has 14 heavy (non-hydrogen) atoms. The second-order valence-electron chi connectivity index (χ2n) is 2.82. The molecular formula is C9H8ClF2NO. The first-order valence-corrected chi connectivity index (χ1v) is 4.19. The molecule has 1 aromatic carbocycles. The molecule has 1 aromatic rings. The molecule has 0 aliphatic rings. The van der Waals surface area contributed by atoms with E-state index in [4.69, 9.17) is 17.3 Å². The number of alkyl halides is 2. The maximum atomic E-state index is 12.3. The first-order valence-electron chi connectivity index (χ1n) is 3.81. The van der Waals surface area contributed by atoms with Crippen LogP contribution in [0.15, 0.2) is 12.1 Å². The standard InChI is InChI=1S/C9H8ClF2NO/c1-4(14)8-6(10)2-5(9(11)12)3-7(8)13/h2-3,9H,13H2,1H3. The van der Waals surface area contributed by atoms with E-state index in [9.17, 15) is 13.6 Å². The maximum absolute atomic E-state index is 12.3. The SMILES string of the molecule is CC(=O)c1c(N)cc(C(F)F)cc1Cl. The number of Topliss-reactive ketones (excluding diaryl/α,β-unsaturated/α-hetero) is 1. The molecule has 0 amide bonds. The zero-order valence-corrected chi connectivity index (χ0v) is 8.11. The van der Waals surface area contributed by atoms with Gasteiger partial charge < -0.3 is 5.73 Å². The van der Waals surface area contributed by atoms with Gasteiger partial charge in [-0.3, -0.25) is 4.79 Å². The Hall–Kier alpha value is -1.16. The van der Waals surface area contributed by atoms with Crippen LogP contribution < -0.4 is 5.73 Å². The van der Waals surface area contributed by atoms with E-state index in [-0.39, 0.29) is 27.6 Å². The molecule has 0 bridgehead atoms. The van der Waals surface area contributed by atoms with Gasteiger partial charge in [0, 0.05) is 11.3 Å². The van der Waals surface area contributed by atoms with Crippen molar-refractivity contribution in [3.8, 4) is 0 Å². The fraction of sp³-hybridized carbons (Fsp3) is 0.222. The lowest BCUT2D eigenvalue weighted by atomic mass is 10.1. The van der Waals surface area contributed by atoms with Gasteiger partial charge in [0.05, 0.1) is 10.6 Å². The quantitative estimate of drug-likeness (QED) is 0.614. The lowest BCUT2D eigenvalue weighted by Crippen LogP contribution is -2.02. The number of hydrogen-bond donors (Lipinski definition) is 1. The minimum atomic E-state index is -2.64. The van der Waals surface area contributed by atoms with E-state index in [2.05, 4.69) is 0 Å². The van der Waals surface area contributed by atoms with Gasteiger partial charge in [0.25, 0.3) is 6.43 Å². The van der Waals surface area contributed by atoms with Gasteiger partial charge in [0.2, 0.25) is 0 Å². The van der Waals surface area contributed by atoms with Crippen molar-refractivity contribution in [1.29, 1.82) is 0 Å². The van der Waals surface area contributed by atoms with Gasteiger partial charge >= 0.3 is 0 Å². The number of halogens is 3. The van der Waals surface area contributed by atoms with Crippen molar-refractivity contribution in [3.63, 3.8) is 0 Å². The molecule has 0 saturated heterocycles. The highest BCUT2D eigenvalue weighted by Crippen LogP contribution is 2.29. The number of rotatable bonds is 2. The smallest absolute Gasteiger partial charge is 0.263 e. The number of anilines is 1. The molecular weight excluding hydrogens is 212 g/mol. The second-order valence-corrected chi connectivity index (χ2v) is 3.23. The number of carbonyl (C=O) groups is 1. The summed E-state index contributed by atoms with van der Waals surface area (Å²) in [5, 5.41) is -0.0344. The summed E-state index contributed by atoms with van der Waals surface area (Å²) >= 11 is 5.64. The summed E-state index contributed by atoms with van der Waals surface area (Å²) in [5.41, 5.74) is 5.22. The number of carbonyl (C=O) groups excluding carboxylic acids is 1. The molecule has 0 spiro atoms. The fourth-order valence-electron chi connectivity index (χ4n) is 1.15. The number of nitrogen functional groups attached to an aromatic ring is 1. The number of hydrogen-bond acceptors (Lipinski definition) is 2. The largest absolute Gasteiger partial charge is 0.398 e. The van der Waals surface area contributed by atoms with Crippen LogP contribution in [-0.4, -0.2) is 5.78 Å². The van der Waals surface area contributed by atoms with Crippen molar-refractivity contribution >= 4 is 23.1 Å². The number of nitrogens with two attached hydrogens (primary N) is 1. The van der Waals surface area contributed by atoms with Crippen molar-refractivity contribution < 1.29 is 13.6 Å². The van der Waals surface area contributed by atoms with Crippen molar-refractivity contribution in [2.45, 2.75) is 13.3 Å². The molecule has 0 heterocycles. The van der Waals surface area contributed by atoms with Gasteiger partial charge in [-0.05, 0) is 19.1 Å². The molecule has 0 saturated carbocycles. The summed E-state index contributed by atoms with van der Waals surface area (Å²) in [6.07, 6.45) is -2.64. The van der Waals surface area contributed by atoms with Crippen LogP contribution in [0.2, 0.25) is 5.02 Å². The molecule has 0 unspecified atom stereocenters. The van der Waals surface area contributed by atoms with Gasteiger partial charge in [-0.1, -0.05) is 11.6 Å². The minimum absolute atomic E-state index is 0.0136. The topological polar surface area (TPSA) is 43.1 Å². The van der Waals surface area contributed by atoms with Crippen LogP contribution in [0.4, 0.5) is 14.5 Å². The fourth-order valence-corrected chi connectivity index (χ4v) is 1.52. The summed E-state index contributed by atoms with van der Waals surface area (Å²) in [5.74, 6) is -0.340. The highest BCUT2D eigenvalue weighted by atomic mass is 35.5. The normalized spacial score (nSPS) is 10.6. The predicted octanol–water partition coefficient (Wildman–Crippen LogP) is 3.06. The van der Waals surface area contributed by atoms with Crippen molar-refractivity contribution in [3.05, 3.63) is 28.3 Å². The molecule has 0 radical (unpaired) electrons. The monoisotopic (exact) mass is 219 g/mol. The van der Waals surface area contributed by atoms with Crippen molar-refractivity contribution in [1.82, 2.24) is 0 Å². The lowest BCUT2D eigenvalue weighted by Gasteiger charge is -2.07. The zero-order valence-electron chi connectivity index (χ0n) is 7.35. The minimum Gasteiger partial charge on any atom is -0.398 e. The summed E-state index contributed by atoms with van der Waals surface area (Å²) in [4.78, 5) is 11.0. The third kappa shape index (κ3) is 2.01. The van der Waals surface area contributed by atoms with Gasteiger partial charge in [-0.15, -0.1) is 0 Å². The molecule has 0 fully saturated rings. The first kappa shape index (κ1) is 10.9. The van der Waals surface area contributed by atoms with Crippen LogP contribution in [0.25, 0.3) is 0 Å². The summed E-state index contributed by atoms with van der Waals surface area (Å²) in [6.45, 7) is 1.28. The molecule has 0 aliphatic carbocycles. The van der Waals surface area contributed by atoms with Gasteiger partial charge in [0.15, 0.2) is 5.78 Å². The molecule has 1 rings (SSSR count). The van der Waals surface area contributed by atoms with E-state index in [1.807, 2.05) is 0 Å². The Labute approximate surface area is 84.7 Å². The maximum Gasteiger partial charge on any atom is 0.263 e. The Morgan fingerprint density at radius 1 is 1.50 bits per heavy atom. The van der Waals surface area contributed by atoms with E-state index < -0.39 is 6.43 Å². The van der Waals surface area contributed by atoms with Crippen molar-refractivity contribution in [2.24, 2.45) is 0 Å². The average molecular weight is 220 g/mol. The third-order valence-electron chi connectivity index (χ3n) is 1.75. The second kappa shape index (κ2) is 3.92. The van der Waals surface area contributed by atoms with Crippen LogP contribution in [-0.2, 0) is 0 Å². The molecule has 0 atom stereocenters. The van der Waals surface area contributed by atoms with E-state index in [1.54, 1.807) is 0 Å². The van der Waals surface area contributed by atoms with E-state index >= 15 is 0 Å². The first-order chi connectivity index (χ1) is 6.43. The van der Waals surface area contributed by atoms with Crippen LogP contribution in [0.5, 0.6) is 0 Å². The number of benzene rings is 1. The molecule has 0 aliphatic heterocycles. The summed E-state index contributed by atoms with van der Waals surface area (Å²) in [6, 6.07) is 2.12. The van der Waals surface area contributed by atoms with E-state index in [0.29, 0.717) is 0 Å². The van der Waals surface area contributed by atoms with Gasteiger partial charge in [0.1, 0.15) is 0 Å². The van der Waals surface area contributed by atoms with E-state index in [0.717, 1.165) is 12.1 Å². The van der Waals surface area contributed by atoms with Gasteiger partial charge in [-0.25, -0.2) is 8.78 Å². The van der Waals surface area contributed by atoms with E-state index in [1.165, 1.54) is 6.92 Å². The lowest BCUT2D eigenvalue weighted by molar-refractivity contribution is 0.101. The third-order valence-corrected chi connectivity index (χ3v) is 2.05. The molecule has 0 aromatic heterocycles. The highest BCUT2D eigenvalue weighted by Gasteiger charge is 2.15. The summed E-state index contributed by atoms with van der Waals surface area (Å²) in [7, 11) is 0. The molecule has 5 heteroatoms. The van der Waals surface area contributed by atoms with Crippen LogP contribution in [0.1, 0.15) is 29.3 Å². The molecule has 2 N–H and O–H groups in total. The van der Waals surface area contributed by atoms with Crippen LogP contribution in [0.3, 0.4) is 0 Å². The Morgan fingerprint density at radius 3 is 2.43 bits per heavy atom. The average Bonchev–Trinajstić information content (AvgIpc) is 2.01. The predicted molar refractivity (Wildman–Crippen MR) is 50.8 cm³/mol. The zero-order chi connectivity index (χ0) is 10.9. The summed E-state index contributed by atoms with van der Waals surface area (Å²) < 4.78 is 24.5. The van der Waals surface area contributed by atoms with Gasteiger partial charge in [-0.2, -0.15) is 0 Å².